The van der Waals surface area contributed by atoms with Gasteiger partial charge in [-0.1, -0.05) is 0 Å². The summed E-state index contributed by atoms with van der Waals surface area (Å²) in [5.41, 5.74) is 2.11. The van der Waals surface area contributed by atoms with Crippen LogP contribution in [0.5, 0.6) is 0 Å². The second-order valence-corrected chi connectivity index (χ2v) is 3.95. The molecule has 0 spiro atoms. The fourth-order valence-corrected chi connectivity index (χ4v) is 1.83. The molecule has 0 amide bonds. The highest BCUT2D eigenvalue weighted by Gasteiger charge is 2.09. The number of H-pyrrole nitrogens is 1. The topological polar surface area (TPSA) is 41.6 Å². The van der Waals surface area contributed by atoms with E-state index in [-0.39, 0.29) is 5.56 Å². The van der Waals surface area contributed by atoms with Crippen LogP contribution in [0, 0.1) is 0 Å². The van der Waals surface area contributed by atoms with E-state index < -0.39 is 6.43 Å². The van der Waals surface area contributed by atoms with E-state index in [0.717, 1.165) is 16.6 Å². The van der Waals surface area contributed by atoms with Crippen LogP contribution in [0.2, 0.25) is 0 Å². The zero-order chi connectivity index (χ0) is 12.5. The molecule has 1 N–H and O–H groups in total. The minimum Gasteiger partial charge on any atom is -0.346 e. The number of fused-ring (bicyclic) bond motifs is 1. The highest BCUT2D eigenvalue weighted by Crippen LogP contribution is 2.25. The molecule has 90 valence electrons. The molecule has 18 heavy (non-hydrogen) atoms. The van der Waals surface area contributed by atoms with Crippen LogP contribution in [-0.4, -0.2) is 15.0 Å². The van der Waals surface area contributed by atoms with Crippen LogP contribution in [0.1, 0.15) is 12.0 Å². The number of halogens is 2. The summed E-state index contributed by atoms with van der Waals surface area (Å²) in [6.45, 7) is 0. The Labute approximate surface area is 102 Å². The Morgan fingerprint density at radius 1 is 1.06 bits per heavy atom. The van der Waals surface area contributed by atoms with Gasteiger partial charge in [0.1, 0.15) is 5.65 Å². The number of hydrogen-bond donors (Lipinski definition) is 1. The lowest BCUT2D eigenvalue weighted by Gasteiger charge is -2.04. The third kappa shape index (κ3) is 1.84. The molecule has 0 aromatic carbocycles. The molecule has 3 nitrogen and oxygen atoms in total. The molecule has 5 heteroatoms. The molecule has 0 unspecified atom stereocenters. The Kier molecular flexibility index (Phi) is 2.51. The van der Waals surface area contributed by atoms with Crippen molar-refractivity contribution in [1.82, 2.24) is 15.0 Å². The lowest BCUT2D eigenvalue weighted by molar-refractivity contribution is 0.151. The van der Waals surface area contributed by atoms with Gasteiger partial charge >= 0.3 is 0 Å². The SMILES string of the molecule is FC(F)c1cncc(-c2cnc3[nH]ccc3c2)c1. The predicted octanol–water partition coefficient (Wildman–Crippen LogP) is 3.56. The molecule has 0 fully saturated rings. The monoisotopic (exact) mass is 245 g/mol. The van der Waals surface area contributed by atoms with E-state index in [4.69, 9.17) is 0 Å². The van der Waals surface area contributed by atoms with Gasteiger partial charge in [-0.25, -0.2) is 13.8 Å². The van der Waals surface area contributed by atoms with Crippen molar-refractivity contribution < 1.29 is 8.78 Å². The minimum absolute atomic E-state index is 0.0818. The zero-order valence-electron chi connectivity index (χ0n) is 9.27. The molecular formula is C13H9F2N3. The second kappa shape index (κ2) is 4.18. The summed E-state index contributed by atoms with van der Waals surface area (Å²) in [7, 11) is 0. The minimum atomic E-state index is -2.51. The number of rotatable bonds is 2. The maximum Gasteiger partial charge on any atom is 0.265 e. The molecule has 0 saturated carbocycles. The maximum atomic E-state index is 12.6. The van der Waals surface area contributed by atoms with Crippen LogP contribution in [0.15, 0.2) is 43.0 Å². The van der Waals surface area contributed by atoms with Gasteiger partial charge in [0, 0.05) is 46.9 Å². The third-order valence-electron chi connectivity index (χ3n) is 2.74. The van der Waals surface area contributed by atoms with Crippen LogP contribution in [0.4, 0.5) is 8.78 Å². The van der Waals surface area contributed by atoms with Gasteiger partial charge in [-0.2, -0.15) is 0 Å². The van der Waals surface area contributed by atoms with Crippen LogP contribution < -0.4 is 0 Å². The van der Waals surface area contributed by atoms with Gasteiger partial charge in [-0.05, 0) is 18.2 Å². The number of hydrogen-bond acceptors (Lipinski definition) is 2. The third-order valence-corrected chi connectivity index (χ3v) is 2.74. The molecule has 0 bridgehead atoms. The fraction of sp³-hybridized carbons (Fsp3) is 0.0769. The number of nitrogens with one attached hydrogen (secondary N) is 1. The van der Waals surface area contributed by atoms with Gasteiger partial charge in [0.15, 0.2) is 0 Å². The average Bonchev–Trinajstić information content (AvgIpc) is 2.86. The van der Waals surface area contributed by atoms with E-state index in [1.165, 1.54) is 12.3 Å². The number of aromatic nitrogens is 3. The Hall–Kier alpha value is -2.30. The first-order valence-corrected chi connectivity index (χ1v) is 5.40. The molecule has 3 aromatic heterocycles. The Balaban J connectivity index is 2.10. The first-order chi connectivity index (χ1) is 8.74. The fourth-order valence-electron chi connectivity index (χ4n) is 1.83. The summed E-state index contributed by atoms with van der Waals surface area (Å²) in [5, 5.41) is 0.940. The maximum absolute atomic E-state index is 12.6. The summed E-state index contributed by atoms with van der Waals surface area (Å²) in [6, 6.07) is 5.22. The van der Waals surface area contributed by atoms with Gasteiger partial charge in [-0.3, -0.25) is 4.98 Å². The average molecular weight is 245 g/mol. The summed E-state index contributed by atoms with van der Waals surface area (Å²) >= 11 is 0. The van der Waals surface area contributed by atoms with Crippen molar-refractivity contribution >= 4 is 11.0 Å². The van der Waals surface area contributed by atoms with Crippen LogP contribution in [0.3, 0.4) is 0 Å². The van der Waals surface area contributed by atoms with Crippen molar-refractivity contribution in [2.45, 2.75) is 6.43 Å². The van der Waals surface area contributed by atoms with E-state index in [0.29, 0.717) is 5.56 Å². The standard InChI is InChI=1S/C13H9F2N3/c14-12(15)11-4-9(5-16-6-11)10-3-8-1-2-17-13(8)18-7-10/h1-7,12H,(H,17,18). The van der Waals surface area contributed by atoms with Crippen molar-refractivity contribution in [3.8, 4) is 11.1 Å². The van der Waals surface area contributed by atoms with Crippen molar-refractivity contribution in [1.29, 1.82) is 0 Å². The lowest BCUT2D eigenvalue weighted by Crippen LogP contribution is -1.89. The Bertz CT molecular complexity index is 691. The van der Waals surface area contributed by atoms with Gasteiger partial charge in [0.05, 0.1) is 0 Å². The second-order valence-electron chi connectivity index (χ2n) is 3.95. The summed E-state index contributed by atoms with van der Waals surface area (Å²) in [5.74, 6) is 0. The predicted molar refractivity (Wildman–Crippen MR) is 64.3 cm³/mol. The quantitative estimate of drug-likeness (QED) is 0.750. The first kappa shape index (κ1) is 10.8. The summed E-state index contributed by atoms with van der Waals surface area (Å²) in [6.07, 6.45) is 3.65. The van der Waals surface area contributed by atoms with Crippen molar-refractivity contribution in [2.75, 3.05) is 0 Å². The Morgan fingerprint density at radius 2 is 1.89 bits per heavy atom. The molecule has 0 atom stereocenters. The number of aromatic amines is 1. The summed E-state index contributed by atoms with van der Waals surface area (Å²) in [4.78, 5) is 11.0. The molecule has 0 saturated heterocycles. The van der Waals surface area contributed by atoms with E-state index in [2.05, 4.69) is 15.0 Å². The number of nitrogens with zero attached hydrogens (tertiary/aromatic N) is 2. The van der Waals surface area contributed by atoms with E-state index in [1.54, 1.807) is 18.6 Å². The lowest BCUT2D eigenvalue weighted by atomic mass is 10.1. The van der Waals surface area contributed by atoms with E-state index in [9.17, 15) is 8.78 Å². The smallest absolute Gasteiger partial charge is 0.265 e. The summed E-state index contributed by atoms with van der Waals surface area (Å²) < 4.78 is 25.2. The van der Waals surface area contributed by atoms with Gasteiger partial charge in [0.2, 0.25) is 0 Å². The highest BCUT2D eigenvalue weighted by atomic mass is 19.3. The first-order valence-electron chi connectivity index (χ1n) is 5.40. The molecule has 3 rings (SSSR count). The van der Waals surface area contributed by atoms with Crippen molar-refractivity contribution in [3.05, 3.63) is 48.5 Å². The largest absolute Gasteiger partial charge is 0.346 e. The molecule has 0 radical (unpaired) electrons. The van der Waals surface area contributed by atoms with Crippen molar-refractivity contribution in [3.63, 3.8) is 0 Å². The molecule has 3 heterocycles. The van der Waals surface area contributed by atoms with Gasteiger partial charge in [0.25, 0.3) is 6.43 Å². The molecular weight excluding hydrogens is 236 g/mol. The van der Waals surface area contributed by atoms with E-state index in [1.807, 2.05) is 12.1 Å². The molecule has 0 aliphatic carbocycles. The van der Waals surface area contributed by atoms with Crippen LogP contribution >= 0.6 is 0 Å². The number of alkyl halides is 2. The van der Waals surface area contributed by atoms with Gasteiger partial charge in [-0.15, -0.1) is 0 Å². The van der Waals surface area contributed by atoms with E-state index >= 15 is 0 Å². The normalized spacial score (nSPS) is 11.3. The molecule has 3 aromatic rings. The van der Waals surface area contributed by atoms with Crippen molar-refractivity contribution in [2.24, 2.45) is 0 Å². The molecule has 0 aliphatic heterocycles. The Morgan fingerprint density at radius 3 is 2.72 bits per heavy atom. The van der Waals surface area contributed by atoms with Crippen LogP contribution in [-0.2, 0) is 0 Å². The molecule has 0 aliphatic rings. The number of pyridine rings is 2. The zero-order valence-corrected chi connectivity index (χ0v) is 9.27. The van der Waals surface area contributed by atoms with Gasteiger partial charge < -0.3 is 4.98 Å². The highest BCUT2D eigenvalue weighted by molar-refractivity contribution is 5.81. The van der Waals surface area contributed by atoms with Crippen LogP contribution in [0.25, 0.3) is 22.2 Å².